The fourth-order valence-corrected chi connectivity index (χ4v) is 1.66. The first-order valence-electron chi connectivity index (χ1n) is 4.98. The summed E-state index contributed by atoms with van der Waals surface area (Å²) >= 11 is 0. The van der Waals surface area contributed by atoms with Gasteiger partial charge >= 0.3 is 5.97 Å². The summed E-state index contributed by atoms with van der Waals surface area (Å²) in [6, 6.07) is 5.70. The van der Waals surface area contributed by atoms with Gasteiger partial charge in [0.1, 0.15) is 0 Å². The summed E-state index contributed by atoms with van der Waals surface area (Å²) in [5.41, 5.74) is 2.14. The van der Waals surface area contributed by atoms with Gasteiger partial charge in [0.05, 0.1) is 16.9 Å². The van der Waals surface area contributed by atoms with Crippen molar-refractivity contribution in [3.8, 4) is 0 Å². The van der Waals surface area contributed by atoms with Crippen LogP contribution in [0.2, 0.25) is 0 Å². The van der Waals surface area contributed by atoms with Gasteiger partial charge in [-0.3, -0.25) is 0 Å². The molecule has 0 saturated carbocycles. The van der Waals surface area contributed by atoms with Crippen molar-refractivity contribution in [1.29, 1.82) is 0 Å². The van der Waals surface area contributed by atoms with Crippen LogP contribution in [0.4, 0.5) is 11.4 Å². The smallest absolute Gasteiger partial charge is 0.335 e. The van der Waals surface area contributed by atoms with Crippen molar-refractivity contribution < 1.29 is 9.90 Å². The molecule has 0 spiro atoms. The SMILES string of the molecule is CC1Nc2ccc(C(=O)O)cc2NC1C. The number of carbonyl (C=O) groups is 1. The number of nitrogens with one attached hydrogen (secondary N) is 2. The van der Waals surface area contributed by atoms with Crippen LogP contribution in [0.3, 0.4) is 0 Å². The fraction of sp³-hybridized carbons (Fsp3) is 0.364. The Morgan fingerprint density at radius 1 is 1.20 bits per heavy atom. The second-order valence-corrected chi connectivity index (χ2v) is 3.93. The van der Waals surface area contributed by atoms with E-state index in [0.29, 0.717) is 17.6 Å². The van der Waals surface area contributed by atoms with Crippen LogP contribution < -0.4 is 10.6 Å². The summed E-state index contributed by atoms with van der Waals surface area (Å²) in [5.74, 6) is -0.897. The van der Waals surface area contributed by atoms with Crippen LogP contribution in [-0.4, -0.2) is 23.2 Å². The molecule has 15 heavy (non-hydrogen) atoms. The molecule has 80 valence electrons. The van der Waals surface area contributed by atoms with Crippen molar-refractivity contribution >= 4 is 17.3 Å². The minimum Gasteiger partial charge on any atom is -0.478 e. The Hall–Kier alpha value is -1.71. The lowest BCUT2D eigenvalue weighted by molar-refractivity contribution is 0.0697. The second-order valence-electron chi connectivity index (χ2n) is 3.93. The van der Waals surface area contributed by atoms with Gasteiger partial charge in [0, 0.05) is 12.1 Å². The molecule has 1 heterocycles. The molecule has 0 saturated heterocycles. The molecule has 0 aromatic heterocycles. The molecule has 0 bridgehead atoms. The van der Waals surface area contributed by atoms with Gasteiger partial charge in [-0.05, 0) is 32.0 Å². The first-order chi connectivity index (χ1) is 7.08. The first kappa shape index (κ1) is 9.83. The highest BCUT2D eigenvalue weighted by Gasteiger charge is 2.20. The lowest BCUT2D eigenvalue weighted by Gasteiger charge is -2.32. The number of fused-ring (bicyclic) bond motifs is 1. The monoisotopic (exact) mass is 206 g/mol. The Morgan fingerprint density at radius 3 is 2.40 bits per heavy atom. The number of carboxylic acids is 1. The van der Waals surface area contributed by atoms with Crippen LogP contribution in [-0.2, 0) is 0 Å². The van der Waals surface area contributed by atoms with Gasteiger partial charge < -0.3 is 15.7 Å². The van der Waals surface area contributed by atoms with E-state index in [4.69, 9.17) is 5.11 Å². The summed E-state index contributed by atoms with van der Waals surface area (Å²) < 4.78 is 0. The third-order valence-corrected chi connectivity index (χ3v) is 2.78. The maximum absolute atomic E-state index is 10.8. The zero-order chi connectivity index (χ0) is 11.0. The fourth-order valence-electron chi connectivity index (χ4n) is 1.66. The van der Waals surface area contributed by atoms with Crippen molar-refractivity contribution in [3.05, 3.63) is 23.8 Å². The topological polar surface area (TPSA) is 61.4 Å². The van der Waals surface area contributed by atoms with E-state index < -0.39 is 5.97 Å². The number of carboxylic acid groups (broad SMARTS) is 1. The van der Waals surface area contributed by atoms with Crippen molar-refractivity contribution in [2.75, 3.05) is 10.6 Å². The minimum absolute atomic E-state index is 0.293. The molecule has 2 rings (SSSR count). The molecule has 1 aromatic carbocycles. The molecule has 3 N–H and O–H groups in total. The van der Waals surface area contributed by atoms with Crippen LogP contribution in [0.1, 0.15) is 24.2 Å². The highest BCUT2D eigenvalue weighted by molar-refractivity contribution is 5.91. The second kappa shape index (κ2) is 3.46. The largest absolute Gasteiger partial charge is 0.478 e. The molecule has 0 amide bonds. The van der Waals surface area contributed by atoms with E-state index in [-0.39, 0.29) is 0 Å². The summed E-state index contributed by atoms with van der Waals surface area (Å²) in [6.45, 7) is 4.15. The minimum atomic E-state index is -0.897. The molecule has 4 nitrogen and oxygen atoms in total. The van der Waals surface area contributed by atoms with Gasteiger partial charge in [-0.1, -0.05) is 0 Å². The Balaban J connectivity index is 2.37. The molecular formula is C11H14N2O2. The zero-order valence-corrected chi connectivity index (χ0v) is 8.74. The van der Waals surface area contributed by atoms with E-state index in [1.165, 1.54) is 0 Å². The van der Waals surface area contributed by atoms with E-state index in [0.717, 1.165) is 11.4 Å². The van der Waals surface area contributed by atoms with E-state index in [1.54, 1.807) is 18.2 Å². The number of aromatic carboxylic acids is 1. The van der Waals surface area contributed by atoms with Crippen LogP contribution in [0, 0.1) is 0 Å². The Bertz CT molecular complexity index is 404. The highest BCUT2D eigenvalue weighted by atomic mass is 16.4. The lowest BCUT2D eigenvalue weighted by atomic mass is 10.0. The maximum atomic E-state index is 10.8. The lowest BCUT2D eigenvalue weighted by Crippen LogP contribution is -2.38. The van der Waals surface area contributed by atoms with Gasteiger partial charge in [0.25, 0.3) is 0 Å². The number of rotatable bonds is 1. The number of hydrogen-bond donors (Lipinski definition) is 3. The molecule has 2 unspecified atom stereocenters. The molecule has 1 aliphatic rings. The van der Waals surface area contributed by atoms with Crippen molar-refractivity contribution in [3.63, 3.8) is 0 Å². The quantitative estimate of drug-likeness (QED) is 0.657. The Labute approximate surface area is 88.3 Å². The third kappa shape index (κ3) is 1.75. The zero-order valence-electron chi connectivity index (χ0n) is 8.74. The average molecular weight is 206 g/mol. The van der Waals surface area contributed by atoms with Crippen molar-refractivity contribution in [1.82, 2.24) is 0 Å². The van der Waals surface area contributed by atoms with E-state index >= 15 is 0 Å². The first-order valence-corrected chi connectivity index (χ1v) is 4.98. The van der Waals surface area contributed by atoms with Crippen LogP contribution in [0.15, 0.2) is 18.2 Å². The average Bonchev–Trinajstić information content (AvgIpc) is 2.19. The van der Waals surface area contributed by atoms with Crippen LogP contribution in [0.25, 0.3) is 0 Å². The Morgan fingerprint density at radius 2 is 1.80 bits per heavy atom. The molecule has 0 fully saturated rings. The van der Waals surface area contributed by atoms with Crippen LogP contribution in [0.5, 0.6) is 0 Å². The van der Waals surface area contributed by atoms with Gasteiger partial charge in [0.2, 0.25) is 0 Å². The molecular weight excluding hydrogens is 192 g/mol. The molecule has 2 atom stereocenters. The predicted octanol–water partition coefficient (Wildman–Crippen LogP) is 2.00. The van der Waals surface area contributed by atoms with Crippen LogP contribution >= 0.6 is 0 Å². The van der Waals surface area contributed by atoms with E-state index in [1.807, 2.05) is 0 Å². The van der Waals surface area contributed by atoms with Gasteiger partial charge in [-0.2, -0.15) is 0 Å². The third-order valence-electron chi connectivity index (χ3n) is 2.78. The molecule has 4 heteroatoms. The highest BCUT2D eigenvalue weighted by Crippen LogP contribution is 2.29. The predicted molar refractivity (Wildman–Crippen MR) is 59.6 cm³/mol. The van der Waals surface area contributed by atoms with Crippen molar-refractivity contribution in [2.24, 2.45) is 0 Å². The summed E-state index contributed by atoms with van der Waals surface area (Å²) in [5, 5.41) is 15.5. The van der Waals surface area contributed by atoms with Crippen molar-refractivity contribution in [2.45, 2.75) is 25.9 Å². The normalized spacial score (nSPS) is 23.6. The number of benzene rings is 1. The van der Waals surface area contributed by atoms with Gasteiger partial charge in [-0.25, -0.2) is 4.79 Å². The van der Waals surface area contributed by atoms with E-state index in [2.05, 4.69) is 24.5 Å². The van der Waals surface area contributed by atoms with Gasteiger partial charge in [-0.15, -0.1) is 0 Å². The summed E-state index contributed by atoms with van der Waals surface area (Å²) in [7, 11) is 0. The van der Waals surface area contributed by atoms with Gasteiger partial charge in [0.15, 0.2) is 0 Å². The Kier molecular flexibility index (Phi) is 2.26. The summed E-state index contributed by atoms with van der Waals surface area (Å²) in [4.78, 5) is 10.8. The molecule has 1 aromatic rings. The summed E-state index contributed by atoms with van der Waals surface area (Å²) in [6.07, 6.45) is 0. The molecule has 1 aliphatic heterocycles. The standard InChI is InChI=1S/C11H14N2O2/c1-6-7(2)13-10-5-8(11(14)15)3-4-9(10)12-6/h3-7,12-13H,1-2H3,(H,14,15). The number of anilines is 2. The van der Waals surface area contributed by atoms with E-state index in [9.17, 15) is 4.79 Å². The molecule has 0 aliphatic carbocycles. The maximum Gasteiger partial charge on any atom is 0.335 e. The number of hydrogen-bond acceptors (Lipinski definition) is 3. The molecule has 0 radical (unpaired) electrons.